The van der Waals surface area contributed by atoms with E-state index in [2.05, 4.69) is 56.7 Å². The lowest BCUT2D eigenvalue weighted by Crippen LogP contribution is -2.39. The molecular formula is C21H29N7O. The molecule has 4 rings (SSSR count). The molecule has 0 aliphatic carbocycles. The van der Waals surface area contributed by atoms with Crippen LogP contribution in [0.1, 0.15) is 37.3 Å². The number of rotatable bonds is 7. The lowest BCUT2D eigenvalue weighted by Gasteiger charge is -2.30. The quantitative estimate of drug-likeness (QED) is 0.662. The van der Waals surface area contributed by atoms with Crippen molar-refractivity contribution in [1.82, 2.24) is 14.9 Å². The van der Waals surface area contributed by atoms with Gasteiger partial charge in [0.05, 0.1) is 6.54 Å². The number of carbonyl (C=O) groups is 1. The van der Waals surface area contributed by atoms with Gasteiger partial charge in [-0.2, -0.15) is 9.97 Å². The molecule has 0 spiro atoms. The number of nitrogens with two attached hydrogens (primary N) is 1. The molecule has 0 atom stereocenters. The van der Waals surface area contributed by atoms with Crippen LogP contribution in [0.5, 0.6) is 0 Å². The van der Waals surface area contributed by atoms with Crippen LogP contribution >= 0.6 is 0 Å². The predicted octanol–water partition coefficient (Wildman–Crippen LogP) is 2.44. The summed E-state index contributed by atoms with van der Waals surface area (Å²) in [6, 6.07) is 8.59. The van der Waals surface area contributed by atoms with Gasteiger partial charge < -0.3 is 21.3 Å². The van der Waals surface area contributed by atoms with Crippen LogP contribution in [0.25, 0.3) is 0 Å². The van der Waals surface area contributed by atoms with Crippen molar-refractivity contribution < 1.29 is 4.79 Å². The summed E-state index contributed by atoms with van der Waals surface area (Å²) < 4.78 is 0. The summed E-state index contributed by atoms with van der Waals surface area (Å²) in [5.41, 5.74) is 9.07. The first-order chi connectivity index (χ1) is 14.1. The highest BCUT2D eigenvalue weighted by atomic mass is 16.2. The maximum Gasteiger partial charge on any atom is 0.244 e. The third-order valence-corrected chi connectivity index (χ3v) is 5.32. The molecule has 2 aliphatic rings. The van der Waals surface area contributed by atoms with E-state index >= 15 is 0 Å². The highest BCUT2D eigenvalue weighted by molar-refractivity contribution is 6.03. The van der Waals surface area contributed by atoms with Gasteiger partial charge in [0.1, 0.15) is 5.69 Å². The highest BCUT2D eigenvalue weighted by Crippen LogP contribution is 2.33. The van der Waals surface area contributed by atoms with Crippen LogP contribution in [-0.2, 0) is 17.9 Å². The summed E-state index contributed by atoms with van der Waals surface area (Å²) in [6.45, 7) is 7.01. The fourth-order valence-corrected chi connectivity index (χ4v) is 3.93. The van der Waals surface area contributed by atoms with Gasteiger partial charge in [0.2, 0.25) is 11.9 Å². The first-order valence-corrected chi connectivity index (χ1v) is 10.4. The number of hydrogen-bond acceptors (Lipinski definition) is 7. The van der Waals surface area contributed by atoms with E-state index in [-0.39, 0.29) is 18.3 Å². The van der Waals surface area contributed by atoms with Crippen molar-refractivity contribution in [3.63, 3.8) is 0 Å². The van der Waals surface area contributed by atoms with Gasteiger partial charge in [-0.15, -0.1) is 0 Å². The van der Waals surface area contributed by atoms with Gasteiger partial charge in [-0.3, -0.25) is 9.69 Å². The molecule has 4 N–H and O–H groups in total. The Balaban J connectivity index is 1.56. The van der Waals surface area contributed by atoms with Crippen LogP contribution < -0.4 is 21.3 Å². The minimum absolute atomic E-state index is 0.102. The molecule has 8 heteroatoms. The van der Waals surface area contributed by atoms with Crippen LogP contribution in [0.3, 0.4) is 0 Å². The summed E-state index contributed by atoms with van der Waals surface area (Å²) in [4.78, 5) is 25.6. The Bertz CT molecular complexity index is 879. The van der Waals surface area contributed by atoms with Crippen LogP contribution in [0, 0.1) is 0 Å². The minimum Gasteiger partial charge on any atom is -0.382 e. The number of nitrogens with zero attached hydrogens (tertiary/aromatic N) is 4. The Hall–Kier alpha value is -2.87. The summed E-state index contributed by atoms with van der Waals surface area (Å²) in [7, 11) is 0. The average Bonchev–Trinajstić information content (AvgIpc) is 3.20. The summed E-state index contributed by atoms with van der Waals surface area (Å²) in [6.07, 6.45) is 3.54. The zero-order valence-corrected chi connectivity index (χ0v) is 16.9. The minimum atomic E-state index is -0.102. The monoisotopic (exact) mass is 395 g/mol. The van der Waals surface area contributed by atoms with Gasteiger partial charge in [-0.25, -0.2) is 0 Å². The molecule has 1 saturated heterocycles. The molecule has 1 fully saturated rings. The zero-order valence-electron chi connectivity index (χ0n) is 16.9. The molecular weight excluding hydrogens is 366 g/mol. The number of nitrogens with one attached hydrogen (secondary N) is 2. The van der Waals surface area contributed by atoms with Gasteiger partial charge >= 0.3 is 0 Å². The van der Waals surface area contributed by atoms with E-state index in [1.165, 1.54) is 31.5 Å². The van der Waals surface area contributed by atoms with Crippen molar-refractivity contribution in [3.05, 3.63) is 35.4 Å². The Morgan fingerprint density at radius 3 is 2.69 bits per heavy atom. The standard InChI is InChI=1S/C21H29N7O/c1-2-8-23-21-25-19(22)18-20(26-21)28(14-17(29)24-18)13-16-7-5-6-15(11-16)12-27-9-3-4-10-27/h5-7,11H,2-4,8-10,12-14H2,1H3,(H,24,29)(H3,22,23,25,26). The molecule has 0 saturated carbocycles. The molecule has 3 heterocycles. The molecule has 1 aromatic heterocycles. The number of hydrogen-bond donors (Lipinski definition) is 3. The molecule has 0 unspecified atom stereocenters. The van der Waals surface area contributed by atoms with Crippen LogP contribution in [0.2, 0.25) is 0 Å². The van der Waals surface area contributed by atoms with Gasteiger partial charge in [-0.05, 0) is 43.5 Å². The van der Waals surface area contributed by atoms with Gasteiger partial charge in [0, 0.05) is 19.6 Å². The van der Waals surface area contributed by atoms with Crippen LogP contribution in [0.15, 0.2) is 24.3 Å². The van der Waals surface area contributed by atoms with Crippen molar-refractivity contribution in [3.8, 4) is 0 Å². The van der Waals surface area contributed by atoms with Gasteiger partial charge in [0.25, 0.3) is 0 Å². The fraction of sp³-hybridized carbons (Fsp3) is 0.476. The summed E-state index contributed by atoms with van der Waals surface area (Å²) in [5, 5.41) is 6.01. The Labute approximate surface area is 171 Å². The Morgan fingerprint density at radius 2 is 1.93 bits per heavy atom. The van der Waals surface area contributed by atoms with Crippen molar-refractivity contribution in [2.24, 2.45) is 0 Å². The SMILES string of the molecule is CCCNc1nc(N)c2c(n1)N(Cc1cccc(CN3CCCC3)c1)CC(=O)N2. The van der Waals surface area contributed by atoms with Gasteiger partial charge in [-0.1, -0.05) is 31.2 Å². The number of likely N-dealkylation sites (tertiary alicyclic amines) is 1. The molecule has 154 valence electrons. The second-order valence-electron chi connectivity index (χ2n) is 7.77. The molecule has 1 aromatic carbocycles. The smallest absolute Gasteiger partial charge is 0.244 e. The summed E-state index contributed by atoms with van der Waals surface area (Å²) in [5.74, 6) is 1.34. The normalized spacial score (nSPS) is 16.6. The third-order valence-electron chi connectivity index (χ3n) is 5.32. The number of carbonyl (C=O) groups excluding carboxylic acids is 1. The van der Waals surface area contributed by atoms with Crippen LogP contribution in [-0.4, -0.2) is 47.0 Å². The average molecular weight is 396 g/mol. The third kappa shape index (κ3) is 4.59. The molecule has 2 aliphatic heterocycles. The largest absolute Gasteiger partial charge is 0.382 e. The Kier molecular flexibility index (Phi) is 5.80. The molecule has 0 radical (unpaired) electrons. The molecule has 2 aromatic rings. The van der Waals surface area contributed by atoms with E-state index in [4.69, 9.17) is 5.73 Å². The fourth-order valence-electron chi connectivity index (χ4n) is 3.93. The van der Waals surface area contributed by atoms with E-state index in [0.29, 0.717) is 24.0 Å². The maximum atomic E-state index is 12.2. The first-order valence-electron chi connectivity index (χ1n) is 10.4. The highest BCUT2D eigenvalue weighted by Gasteiger charge is 2.27. The second kappa shape index (κ2) is 8.65. The molecule has 29 heavy (non-hydrogen) atoms. The topological polar surface area (TPSA) is 99.4 Å². The number of anilines is 4. The first kappa shape index (κ1) is 19.4. The van der Waals surface area contributed by atoms with Crippen molar-refractivity contribution in [2.45, 2.75) is 39.3 Å². The predicted molar refractivity (Wildman–Crippen MR) is 116 cm³/mol. The van der Waals surface area contributed by atoms with Crippen LogP contribution in [0.4, 0.5) is 23.3 Å². The zero-order chi connectivity index (χ0) is 20.2. The van der Waals surface area contributed by atoms with E-state index in [1.807, 2.05) is 4.90 Å². The van der Waals surface area contributed by atoms with Crippen molar-refractivity contribution in [2.75, 3.05) is 47.4 Å². The lowest BCUT2D eigenvalue weighted by molar-refractivity contribution is -0.115. The van der Waals surface area contributed by atoms with Gasteiger partial charge in [0.15, 0.2) is 11.6 Å². The summed E-state index contributed by atoms with van der Waals surface area (Å²) >= 11 is 0. The number of fused-ring (bicyclic) bond motifs is 1. The van der Waals surface area contributed by atoms with E-state index in [9.17, 15) is 4.79 Å². The second-order valence-corrected chi connectivity index (χ2v) is 7.77. The molecule has 0 bridgehead atoms. The van der Waals surface area contributed by atoms with E-state index < -0.39 is 0 Å². The molecule has 8 nitrogen and oxygen atoms in total. The lowest BCUT2D eigenvalue weighted by atomic mass is 10.1. The number of benzene rings is 1. The van der Waals surface area contributed by atoms with E-state index in [0.717, 1.165) is 25.1 Å². The van der Waals surface area contributed by atoms with E-state index in [1.54, 1.807) is 0 Å². The Morgan fingerprint density at radius 1 is 1.17 bits per heavy atom. The number of amides is 1. The maximum absolute atomic E-state index is 12.2. The number of nitrogen functional groups attached to an aromatic ring is 1. The van der Waals surface area contributed by atoms with Crippen molar-refractivity contribution >= 4 is 29.2 Å². The number of aromatic nitrogens is 2. The molecule has 1 amide bonds. The van der Waals surface area contributed by atoms with Crippen molar-refractivity contribution in [1.29, 1.82) is 0 Å².